The molecular formula is C17H18N4O2S2. The van der Waals surface area contributed by atoms with Gasteiger partial charge in [-0.2, -0.15) is 5.10 Å². The fourth-order valence-electron chi connectivity index (χ4n) is 2.27. The van der Waals surface area contributed by atoms with Gasteiger partial charge in [0.2, 0.25) is 5.91 Å². The first-order valence-electron chi connectivity index (χ1n) is 7.75. The first-order chi connectivity index (χ1) is 12.1. The van der Waals surface area contributed by atoms with Gasteiger partial charge in [-0.3, -0.25) is 15.2 Å². The van der Waals surface area contributed by atoms with Gasteiger partial charge in [0, 0.05) is 36.1 Å². The number of rotatable bonds is 5. The SMILES string of the molecule is CC(=O)Nc1cc(C2=NNC(=NCCc3cccs3)SC2)ccc1O. The quantitative estimate of drug-likeness (QED) is 0.702. The summed E-state index contributed by atoms with van der Waals surface area (Å²) in [5.41, 5.74) is 5.05. The molecule has 25 heavy (non-hydrogen) atoms. The molecular weight excluding hydrogens is 356 g/mol. The van der Waals surface area contributed by atoms with Crippen molar-refractivity contribution in [2.75, 3.05) is 17.6 Å². The van der Waals surface area contributed by atoms with Crippen LogP contribution in [0.2, 0.25) is 0 Å². The molecule has 1 aliphatic rings. The van der Waals surface area contributed by atoms with E-state index in [0.717, 1.165) is 29.4 Å². The summed E-state index contributed by atoms with van der Waals surface area (Å²) in [6.07, 6.45) is 0.929. The lowest BCUT2D eigenvalue weighted by Gasteiger charge is -2.16. The zero-order chi connectivity index (χ0) is 17.6. The van der Waals surface area contributed by atoms with Crippen LogP contribution in [0.25, 0.3) is 0 Å². The summed E-state index contributed by atoms with van der Waals surface area (Å²) in [5, 5.41) is 19.7. The van der Waals surface area contributed by atoms with Crippen molar-refractivity contribution in [1.82, 2.24) is 5.43 Å². The van der Waals surface area contributed by atoms with Crippen LogP contribution in [-0.4, -0.2) is 34.2 Å². The highest BCUT2D eigenvalue weighted by Crippen LogP contribution is 2.25. The van der Waals surface area contributed by atoms with Gasteiger partial charge in [0.15, 0.2) is 5.17 Å². The number of carbonyl (C=O) groups excluding carboxylic acids is 1. The van der Waals surface area contributed by atoms with Crippen molar-refractivity contribution in [3.8, 4) is 5.75 Å². The van der Waals surface area contributed by atoms with E-state index in [-0.39, 0.29) is 11.7 Å². The average Bonchev–Trinajstić information content (AvgIpc) is 3.11. The smallest absolute Gasteiger partial charge is 0.221 e. The van der Waals surface area contributed by atoms with Gasteiger partial charge in [-0.25, -0.2) is 0 Å². The third-order valence-corrected chi connectivity index (χ3v) is 5.31. The molecule has 130 valence electrons. The number of anilines is 1. The molecule has 0 atom stereocenters. The van der Waals surface area contributed by atoms with Gasteiger partial charge >= 0.3 is 0 Å². The maximum Gasteiger partial charge on any atom is 0.221 e. The number of aliphatic imine (C=N–C) groups is 1. The first-order valence-corrected chi connectivity index (χ1v) is 9.61. The number of amides is 1. The fourth-order valence-corrected chi connectivity index (χ4v) is 3.77. The second-order valence-electron chi connectivity index (χ2n) is 5.39. The number of phenols is 1. The van der Waals surface area contributed by atoms with Gasteiger partial charge in [-0.05, 0) is 29.6 Å². The van der Waals surface area contributed by atoms with Crippen LogP contribution in [0.15, 0.2) is 45.8 Å². The molecule has 1 aromatic heterocycles. The zero-order valence-corrected chi connectivity index (χ0v) is 15.3. The second-order valence-corrected chi connectivity index (χ2v) is 7.38. The third kappa shape index (κ3) is 4.83. The molecule has 0 aliphatic carbocycles. The van der Waals surface area contributed by atoms with E-state index < -0.39 is 0 Å². The Labute approximate surface area is 154 Å². The predicted octanol–water partition coefficient (Wildman–Crippen LogP) is 3.05. The molecule has 1 aliphatic heterocycles. The van der Waals surface area contributed by atoms with Gasteiger partial charge in [0.25, 0.3) is 0 Å². The summed E-state index contributed by atoms with van der Waals surface area (Å²) in [6.45, 7) is 2.13. The van der Waals surface area contributed by atoms with Crippen LogP contribution in [0.3, 0.4) is 0 Å². The van der Waals surface area contributed by atoms with Crippen molar-refractivity contribution < 1.29 is 9.90 Å². The van der Waals surface area contributed by atoms with Gasteiger partial charge in [0.05, 0.1) is 11.4 Å². The summed E-state index contributed by atoms with van der Waals surface area (Å²) in [4.78, 5) is 17.0. The number of aromatic hydroxyl groups is 1. The van der Waals surface area contributed by atoms with E-state index in [2.05, 4.69) is 32.3 Å². The summed E-state index contributed by atoms with van der Waals surface area (Å²) in [5.74, 6) is 0.479. The maximum atomic E-state index is 11.2. The van der Waals surface area contributed by atoms with Crippen LogP contribution in [0.1, 0.15) is 17.4 Å². The van der Waals surface area contributed by atoms with Crippen molar-refractivity contribution in [2.45, 2.75) is 13.3 Å². The highest BCUT2D eigenvalue weighted by molar-refractivity contribution is 8.14. The van der Waals surface area contributed by atoms with Gasteiger partial charge in [0.1, 0.15) is 5.75 Å². The number of nitrogens with one attached hydrogen (secondary N) is 2. The molecule has 0 bridgehead atoms. The molecule has 0 fully saturated rings. The molecule has 0 unspecified atom stereocenters. The lowest BCUT2D eigenvalue weighted by Crippen LogP contribution is -2.25. The van der Waals surface area contributed by atoms with Crippen molar-refractivity contribution in [3.63, 3.8) is 0 Å². The zero-order valence-electron chi connectivity index (χ0n) is 13.7. The van der Waals surface area contributed by atoms with E-state index in [9.17, 15) is 9.90 Å². The molecule has 0 spiro atoms. The molecule has 3 rings (SSSR count). The minimum Gasteiger partial charge on any atom is -0.506 e. The number of thioether (sulfide) groups is 1. The number of hydrazone groups is 1. The first kappa shape index (κ1) is 17.5. The Morgan fingerprint density at radius 3 is 3.00 bits per heavy atom. The molecule has 0 saturated carbocycles. The minimum absolute atomic E-state index is 0.0341. The molecule has 0 saturated heterocycles. The Hall–Kier alpha value is -2.32. The molecule has 2 heterocycles. The molecule has 0 radical (unpaired) electrons. The van der Waals surface area contributed by atoms with Crippen molar-refractivity contribution in [2.24, 2.45) is 10.1 Å². The Bertz CT molecular complexity index is 816. The lowest BCUT2D eigenvalue weighted by molar-refractivity contribution is -0.114. The molecule has 3 N–H and O–H groups in total. The summed E-state index contributed by atoms with van der Waals surface area (Å²) in [6, 6.07) is 9.21. The van der Waals surface area contributed by atoms with Gasteiger partial charge in [-0.1, -0.05) is 17.8 Å². The Morgan fingerprint density at radius 2 is 2.32 bits per heavy atom. The lowest BCUT2D eigenvalue weighted by atomic mass is 10.1. The molecule has 2 aromatic rings. The van der Waals surface area contributed by atoms with Gasteiger partial charge < -0.3 is 10.4 Å². The van der Waals surface area contributed by atoms with E-state index in [1.54, 1.807) is 41.3 Å². The van der Waals surface area contributed by atoms with Crippen LogP contribution in [-0.2, 0) is 11.2 Å². The van der Waals surface area contributed by atoms with E-state index >= 15 is 0 Å². The van der Waals surface area contributed by atoms with Crippen molar-refractivity contribution in [3.05, 3.63) is 46.2 Å². The average molecular weight is 374 g/mol. The largest absolute Gasteiger partial charge is 0.506 e. The van der Waals surface area contributed by atoms with E-state index in [1.807, 2.05) is 6.07 Å². The third-order valence-electron chi connectivity index (χ3n) is 3.47. The highest BCUT2D eigenvalue weighted by atomic mass is 32.2. The van der Waals surface area contributed by atoms with E-state index in [1.165, 1.54) is 11.8 Å². The normalized spacial score (nSPS) is 15.6. The van der Waals surface area contributed by atoms with Crippen LogP contribution < -0.4 is 10.7 Å². The minimum atomic E-state index is -0.231. The number of carbonyl (C=O) groups is 1. The molecule has 1 amide bonds. The summed E-state index contributed by atoms with van der Waals surface area (Å²) < 4.78 is 0. The summed E-state index contributed by atoms with van der Waals surface area (Å²) >= 11 is 3.33. The number of nitrogens with zero attached hydrogens (tertiary/aromatic N) is 2. The topological polar surface area (TPSA) is 86.1 Å². The molecule has 6 nitrogen and oxygen atoms in total. The second kappa shape index (κ2) is 8.17. The van der Waals surface area contributed by atoms with E-state index in [0.29, 0.717) is 11.4 Å². The number of thiophene rings is 1. The molecule has 1 aromatic carbocycles. The van der Waals surface area contributed by atoms with Crippen molar-refractivity contribution >= 4 is 45.6 Å². The number of amidine groups is 1. The predicted molar refractivity (Wildman–Crippen MR) is 105 cm³/mol. The number of hydrogen-bond donors (Lipinski definition) is 3. The van der Waals surface area contributed by atoms with Crippen LogP contribution >= 0.6 is 23.1 Å². The number of benzene rings is 1. The number of phenolic OH excluding ortho intramolecular Hbond substituents is 1. The highest BCUT2D eigenvalue weighted by Gasteiger charge is 2.14. The standard InChI is InChI=1S/C17H18N4O2S2/c1-11(22)19-14-9-12(4-5-16(14)23)15-10-25-17(21-20-15)18-7-6-13-3-2-8-24-13/h2-5,8-9,23H,6-7,10H2,1H3,(H,18,21)(H,19,22). The fraction of sp³-hybridized carbons (Fsp3) is 0.235. The summed E-state index contributed by atoms with van der Waals surface area (Å²) in [7, 11) is 0. The Morgan fingerprint density at radius 1 is 1.44 bits per heavy atom. The van der Waals surface area contributed by atoms with Gasteiger partial charge in [-0.15, -0.1) is 11.3 Å². The van der Waals surface area contributed by atoms with Crippen LogP contribution in [0, 0.1) is 0 Å². The van der Waals surface area contributed by atoms with E-state index in [4.69, 9.17) is 0 Å². The Balaban J connectivity index is 1.63. The maximum absolute atomic E-state index is 11.2. The van der Waals surface area contributed by atoms with Crippen LogP contribution in [0.4, 0.5) is 5.69 Å². The monoisotopic (exact) mass is 374 g/mol. The van der Waals surface area contributed by atoms with Crippen molar-refractivity contribution in [1.29, 1.82) is 0 Å². The van der Waals surface area contributed by atoms with Crippen LogP contribution in [0.5, 0.6) is 5.75 Å². The number of hydrogen-bond acceptors (Lipinski definition) is 6. The molecule has 8 heteroatoms. The Kier molecular flexibility index (Phi) is 5.72.